The van der Waals surface area contributed by atoms with Gasteiger partial charge in [0.25, 0.3) is 5.91 Å². The molecule has 0 saturated heterocycles. The van der Waals surface area contributed by atoms with Crippen molar-refractivity contribution in [3.8, 4) is 0 Å². The highest BCUT2D eigenvalue weighted by molar-refractivity contribution is 5.84. The molecule has 1 heterocycles. The average Bonchev–Trinajstić information content (AvgIpc) is 2.37. The van der Waals surface area contributed by atoms with E-state index in [1.54, 1.807) is 45.3 Å². The van der Waals surface area contributed by atoms with E-state index in [-0.39, 0.29) is 11.9 Å². The van der Waals surface area contributed by atoms with Crippen molar-refractivity contribution >= 4 is 5.91 Å². The van der Waals surface area contributed by atoms with Crippen LogP contribution < -0.4 is 0 Å². The maximum atomic E-state index is 12.2. The van der Waals surface area contributed by atoms with Crippen LogP contribution >= 0.6 is 0 Å². The Hall–Kier alpha value is -1.42. The molecule has 1 amide bonds. The van der Waals surface area contributed by atoms with Gasteiger partial charge in [-0.25, -0.2) is 0 Å². The Morgan fingerprint density at radius 1 is 1.41 bits per heavy atom. The minimum atomic E-state index is -0.796. The van der Waals surface area contributed by atoms with E-state index in [2.05, 4.69) is 4.98 Å². The molecule has 1 rings (SSSR count). The molecule has 1 unspecified atom stereocenters. The Kier molecular flexibility index (Phi) is 4.23. The lowest BCUT2D eigenvalue weighted by Crippen LogP contribution is -2.45. The Morgan fingerprint density at radius 2 is 1.94 bits per heavy atom. The SMILES string of the molecule is COC(C)(C)C(=O)N(C)C(C)c1ccncc1. The monoisotopic (exact) mass is 236 g/mol. The molecule has 0 spiro atoms. The van der Waals surface area contributed by atoms with E-state index in [0.717, 1.165) is 5.56 Å². The third-order valence-electron chi connectivity index (χ3n) is 3.12. The molecule has 1 aromatic heterocycles. The van der Waals surface area contributed by atoms with E-state index in [9.17, 15) is 4.79 Å². The molecular weight excluding hydrogens is 216 g/mol. The van der Waals surface area contributed by atoms with Crippen molar-refractivity contribution in [2.75, 3.05) is 14.2 Å². The number of likely N-dealkylation sites (N-methyl/N-ethyl adjacent to an activating group) is 1. The quantitative estimate of drug-likeness (QED) is 0.803. The number of amides is 1. The first-order valence-corrected chi connectivity index (χ1v) is 5.62. The van der Waals surface area contributed by atoms with E-state index in [4.69, 9.17) is 4.74 Å². The Labute approximate surface area is 103 Å². The molecule has 0 aliphatic rings. The number of aromatic nitrogens is 1. The van der Waals surface area contributed by atoms with Crippen LogP contribution in [0.2, 0.25) is 0 Å². The van der Waals surface area contributed by atoms with Crippen molar-refractivity contribution in [2.24, 2.45) is 0 Å². The summed E-state index contributed by atoms with van der Waals surface area (Å²) < 4.78 is 5.20. The number of pyridine rings is 1. The maximum absolute atomic E-state index is 12.2. The minimum Gasteiger partial charge on any atom is -0.369 e. The molecule has 0 aliphatic carbocycles. The van der Waals surface area contributed by atoms with Gasteiger partial charge in [-0.05, 0) is 38.5 Å². The standard InChI is InChI=1S/C13H20N2O2/c1-10(11-6-8-14-9-7-11)15(4)12(16)13(2,3)17-5/h6-10H,1-5H3. The lowest BCUT2D eigenvalue weighted by atomic mass is 10.0. The fraction of sp³-hybridized carbons (Fsp3) is 0.538. The zero-order valence-electron chi connectivity index (χ0n) is 11.1. The van der Waals surface area contributed by atoms with Crippen LogP contribution in [0.15, 0.2) is 24.5 Å². The lowest BCUT2D eigenvalue weighted by Gasteiger charge is -2.32. The van der Waals surface area contributed by atoms with Gasteiger partial charge in [-0.3, -0.25) is 9.78 Å². The summed E-state index contributed by atoms with van der Waals surface area (Å²) in [6.45, 7) is 5.52. The van der Waals surface area contributed by atoms with Gasteiger partial charge in [0.1, 0.15) is 5.60 Å². The van der Waals surface area contributed by atoms with Crippen LogP contribution in [0.3, 0.4) is 0 Å². The summed E-state index contributed by atoms with van der Waals surface area (Å²) in [4.78, 5) is 17.9. The van der Waals surface area contributed by atoms with E-state index >= 15 is 0 Å². The van der Waals surface area contributed by atoms with Crippen LogP contribution in [-0.2, 0) is 9.53 Å². The summed E-state index contributed by atoms with van der Waals surface area (Å²) in [5, 5.41) is 0. The highest BCUT2D eigenvalue weighted by Gasteiger charge is 2.32. The smallest absolute Gasteiger partial charge is 0.254 e. The van der Waals surface area contributed by atoms with Crippen molar-refractivity contribution in [1.82, 2.24) is 9.88 Å². The second-order valence-electron chi connectivity index (χ2n) is 4.59. The lowest BCUT2D eigenvalue weighted by molar-refractivity contribution is -0.151. The first-order chi connectivity index (χ1) is 7.90. The number of carbonyl (C=O) groups excluding carboxylic acids is 1. The van der Waals surface area contributed by atoms with Crippen molar-refractivity contribution in [2.45, 2.75) is 32.4 Å². The van der Waals surface area contributed by atoms with E-state index in [1.807, 2.05) is 19.1 Å². The number of rotatable bonds is 4. The second kappa shape index (κ2) is 5.27. The van der Waals surface area contributed by atoms with Crippen LogP contribution in [-0.4, -0.2) is 35.5 Å². The Balaban J connectivity index is 2.84. The molecule has 0 aromatic carbocycles. The zero-order valence-corrected chi connectivity index (χ0v) is 11.1. The molecule has 17 heavy (non-hydrogen) atoms. The first kappa shape index (κ1) is 13.6. The van der Waals surface area contributed by atoms with Gasteiger partial charge in [0.05, 0.1) is 6.04 Å². The van der Waals surface area contributed by atoms with Crippen molar-refractivity contribution < 1.29 is 9.53 Å². The predicted octanol–water partition coefficient (Wildman–Crippen LogP) is 2.03. The fourth-order valence-electron chi connectivity index (χ4n) is 1.55. The third kappa shape index (κ3) is 3.03. The summed E-state index contributed by atoms with van der Waals surface area (Å²) in [6.07, 6.45) is 3.46. The number of hydrogen-bond acceptors (Lipinski definition) is 3. The summed E-state index contributed by atoms with van der Waals surface area (Å²) in [5.74, 6) is -0.0377. The maximum Gasteiger partial charge on any atom is 0.254 e. The molecule has 0 N–H and O–H groups in total. The second-order valence-corrected chi connectivity index (χ2v) is 4.59. The summed E-state index contributed by atoms with van der Waals surface area (Å²) in [7, 11) is 3.33. The number of methoxy groups -OCH3 is 1. The average molecular weight is 236 g/mol. The van der Waals surface area contributed by atoms with Crippen molar-refractivity contribution in [3.63, 3.8) is 0 Å². The summed E-state index contributed by atoms with van der Waals surface area (Å²) in [5.41, 5.74) is 0.263. The van der Waals surface area contributed by atoms with Crippen LogP contribution in [0.1, 0.15) is 32.4 Å². The molecule has 0 radical (unpaired) electrons. The molecule has 0 fully saturated rings. The fourth-order valence-corrected chi connectivity index (χ4v) is 1.55. The van der Waals surface area contributed by atoms with Gasteiger partial charge in [-0.1, -0.05) is 0 Å². The topological polar surface area (TPSA) is 42.4 Å². The summed E-state index contributed by atoms with van der Waals surface area (Å²) >= 11 is 0. The van der Waals surface area contributed by atoms with Gasteiger partial charge in [-0.15, -0.1) is 0 Å². The Morgan fingerprint density at radius 3 is 2.41 bits per heavy atom. The molecule has 1 atom stereocenters. The highest BCUT2D eigenvalue weighted by atomic mass is 16.5. The van der Waals surface area contributed by atoms with Crippen LogP contribution in [0.4, 0.5) is 0 Å². The highest BCUT2D eigenvalue weighted by Crippen LogP contribution is 2.22. The van der Waals surface area contributed by atoms with Crippen molar-refractivity contribution in [3.05, 3.63) is 30.1 Å². The van der Waals surface area contributed by atoms with Crippen LogP contribution in [0.5, 0.6) is 0 Å². The number of carbonyl (C=O) groups is 1. The first-order valence-electron chi connectivity index (χ1n) is 5.62. The predicted molar refractivity (Wildman–Crippen MR) is 66.5 cm³/mol. The molecule has 94 valence electrons. The number of nitrogens with zero attached hydrogens (tertiary/aromatic N) is 2. The van der Waals surface area contributed by atoms with Gasteiger partial charge >= 0.3 is 0 Å². The Bertz CT molecular complexity index is 376. The molecular formula is C13H20N2O2. The molecule has 4 heteroatoms. The van der Waals surface area contributed by atoms with Crippen LogP contribution in [0.25, 0.3) is 0 Å². The number of ether oxygens (including phenoxy) is 1. The van der Waals surface area contributed by atoms with E-state index < -0.39 is 5.60 Å². The van der Waals surface area contributed by atoms with E-state index in [1.165, 1.54) is 0 Å². The number of hydrogen-bond donors (Lipinski definition) is 0. The van der Waals surface area contributed by atoms with Gasteiger partial charge < -0.3 is 9.64 Å². The third-order valence-corrected chi connectivity index (χ3v) is 3.12. The zero-order chi connectivity index (χ0) is 13.1. The molecule has 0 aliphatic heterocycles. The molecule has 1 aromatic rings. The molecule has 0 bridgehead atoms. The van der Waals surface area contributed by atoms with E-state index in [0.29, 0.717) is 0 Å². The van der Waals surface area contributed by atoms with Gasteiger partial charge in [0.2, 0.25) is 0 Å². The van der Waals surface area contributed by atoms with Crippen molar-refractivity contribution in [1.29, 1.82) is 0 Å². The van der Waals surface area contributed by atoms with Gasteiger partial charge in [-0.2, -0.15) is 0 Å². The molecule has 4 nitrogen and oxygen atoms in total. The van der Waals surface area contributed by atoms with Gasteiger partial charge in [0, 0.05) is 26.6 Å². The molecule has 0 saturated carbocycles. The minimum absolute atomic E-state index is 0.0000694. The summed E-state index contributed by atoms with van der Waals surface area (Å²) in [6, 6.07) is 3.82. The van der Waals surface area contributed by atoms with Gasteiger partial charge in [0.15, 0.2) is 0 Å². The van der Waals surface area contributed by atoms with Crippen LogP contribution in [0, 0.1) is 0 Å². The largest absolute Gasteiger partial charge is 0.369 e. The normalized spacial score (nSPS) is 13.2.